The number of rotatable bonds is 3. The molecule has 1 amide bonds. The first-order chi connectivity index (χ1) is 9.41. The molecule has 0 fully saturated rings. The van der Waals surface area contributed by atoms with E-state index in [1.807, 2.05) is 32.5 Å². The maximum absolute atomic E-state index is 12.2. The number of amides is 1. The van der Waals surface area contributed by atoms with Crippen LogP contribution in [0.3, 0.4) is 0 Å². The van der Waals surface area contributed by atoms with Crippen molar-refractivity contribution in [2.45, 2.75) is 26.8 Å². The van der Waals surface area contributed by atoms with Gasteiger partial charge < -0.3 is 5.32 Å². The van der Waals surface area contributed by atoms with Crippen LogP contribution >= 0.6 is 11.6 Å². The molecule has 0 saturated carbocycles. The van der Waals surface area contributed by atoms with Crippen molar-refractivity contribution in [3.05, 3.63) is 46.0 Å². The molecule has 1 atom stereocenters. The summed E-state index contributed by atoms with van der Waals surface area (Å²) in [6.45, 7) is 5.85. The van der Waals surface area contributed by atoms with Gasteiger partial charge in [0.2, 0.25) is 0 Å². The van der Waals surface area contributed by atoms with Crippen LogP contribution in [-0.2, 0) is 7.05 Å². The van der Waals surface area contributed by atoms with Gasteiger partial charge in [-0.3, -0.25) is 14.5 Å². The fourth-order valence-corrected chi connectivity index (χ4v) is 2.53. The molecule has 2 aromatic rings. The minimum Gasteiger partial charge on any atom is -0.345 e. The molecule has 0 unspecified atom stereocenters. The van der Waals surface area contributed by atoms with E-state index in [1.165, 1.54) is 6.20 Å². The summed E-state index contributed by atoms with van der Waals surface area (Å²) in [6, 6.07) is 1.47. The van der Waals surface area contributed by atoms with Crippen LogP contribution in [0.15, 0.2) is 18.5 Å². The predicted molar refractivity (Wildman–Crippen MR) is 77.8 cm³/mol. The number of nitrogens with one attached hydrogen (secondary N) is 1. The van der Waals surface area contributed by atoms with Gasteiger partial charge in [0.15, 0.2) is 0 Å². The molecule has 0 spiro atoms. The largest absolute Gasteiger partial charge is 0.345 e. The Morgan fingerprint density at radius 1 is 1.45 bits per heavy atom. The molecule has 6 heteroatoms. The van der Waals surface area contributed by atoms with Crippen LogP contribution < -0.4 is 5.32 Å². The number of nitrogens with zero attached hydrogens (tertiary/aromatic N) is 3. The molecule has 2 rings (SSSR count). The van der Waals surface area contributed by atoms with Crippen molar-refractivity contribution in [3.63, 3.8) is 0 Å². The second-order valence-electron chi connectivity index (χ2n) is 4.76. The second kappa shape index (κ2) is 5.63. The van der Waals surface area contributed by atoms with Crippen molar-refractivity contribution in [3.8, 4) is 0 Å². The summed E-state index contributed by atoms with van der Waals surface area (Å²) < 4.78 is 1.81. The highest BCUT2D eigenvalue weighted by Gasteiger charge is 2.19. The number of hydrogen-bond donors (Lipinski definition) is 1. The Kier molecular flexibility index (Phi) is 4.09. The maximum atomic E-state index is 12.2. The summed E-state index contributed by atoms with van der Waals surface area (Å²) in [5, 5.41) is 7.65. The smallest absolute Gasteiger partial charge is 0.253 e. The van der Waals surface area contributed by atoms with E-state index in [0.717, 1.165) is 17.0 Å². The molecule has 0 radical (unpaired) electrons. The van der Waals surface area contributed by atoms with Crippen LogP contribution in [0.1, 0.15) is 40.3 Å². The van der Waals surface area contributed by atoms with Gasteiger partial charge in [0.1, 0.15) is 0 Å². The van der Waals surface area contributed by atoms with Crippen LogP contribution in [0, 0.1) is 13.8 Å². The van der Waals surface area contributed by atoms with Gasteiger partial charge in [0.05, 0.1) is 22.3 Å². The Morgan fingerprint density at radius 2 is 2.15 bits per heavy atom. The summed E-state index contributed by atoms with van der Waals surface area (Å²) in [5.74, 6) is -0.215. The number of hydrogen-bond acceptors (Lipinski definition) is 3. The summed E-state index contributed by atoms with van der Waals surface area (Å²) >= 11 is 5.98. The van der Waals surface area contributed by atoms with E-state index >= 15 is 0 Å². The molecule has 0 aliphatic heterocycles. The monoisotopic (exact) mass is 292 g/mol. The van der Waals surface area contributed by atoms with Gasteiger partial charge in [-0.05, 0) is 26.8 Å². The van der Waals surface area contributed by atoms with E-state index in [2.05, 4.69) is 15.4 Å². The lowest BCUT2D eigenvalue weighted by Gasteiger charge is -2.15. The van der Waals surface area contributed by atoms with Gasteiger partial charge in [0, 0.05) is 30.7 Å². The van der Waals surface area contributed by atoms with Crippen LogP contribution in [0.5, 0.6) is 0 Å². The fourth-order valence-electron chi connectivity index (χ4n) is 2.32. The Balaban J connectivity index is 2.22. The number of aromatic nitrogens is 3. The van der Waals surface area contributed by atoms with Crippen molar-refractivity contribution in [1.29, 1.82) is 0 Å². The predicted octanol–water partition coefficient (Wildman–Crippen LogP) is 2.58. The molecule has 2 aromatic heterocycles. The minimum absolute atomic E-state index is 0.138. The average molecular weight is 293 g/mol. The molecule has 0 saturated heterocycles. The first-order valence-electron chi connectivity index (χ1n) is 6.32. The zero-order chi connectivity index (χ0) is 14.9. The lowest BCUT2D eigenvalue weighted by molar-refractivity contribution is 0.0940. The highest BCUT2D eigenvalue weighted by atomic mass is 35.5. The molecule has 0 aromatic carbocycles. The first kappa shape index (κ1) is 14.5. The molecule has 0 bridgehead atoms. The molecule has 106 valence electrons. The Bertz CT molecular complexity index is 651. The fraction of sp³-hybridized carbons (Fsp3) is 0.357. The molecular formula is C14H17ClN4O. The molecule has 20 heavy (non-hydrogen) atoms. The van der Waals surface area contributed by atoms with Crippen LogP contribution in [0.2, 0.25) is 5.02 Å². The third-order valence-electron chi connectivity index (χ3n) is 3.36. The SMILES string of the molecule is Cc1nn(C)c(C)c1[C@H](C)NC(=O)c1ccncc1Cl. The van der Waals surface area contributed by atoms with E-state index in [-0.39, 0.29) is 11.9 Å². The van der Waals surface area contributed by atoms with Crippen molar-refractivity contribution in [2.24, 2.45) is 7.05 Å². The second-order valence-corrected chi connectivity index (χ2v) is 5.17. The zero-order valence-electron chi connectivity index (χ0n) is 11.9. The minimum atomic E-state index is -0.215. The third kappa shape index (κ3) is 2.67. The molecule has 5 nitrogen and oxygen atoms in total. The van der Waals surface area contributed by atoms with Crippen molar-refractivity contribution >= 4 is 17.5 Å². The highest BCUT2D eigenvalue weighted by Crippen LogP contribution is 2.22. The molecule has 0 aliphatic carbocycles. The zero-order valence-corrected chi connectivity index (χ0v) is 12.7. The van der Waals surface area contributed by atoms with E-state index in [0.29, 0.717) is 10.6 Å². The Labute approximate surface area is 123 Å². The standard InChI is InChI=1S/C14H17ClN4O/c1-8(13-9(2)18-19(4)10(13)3)17-14(20)11-5-6-16-7-12(11)15/h5-8H,1-4H3,(H,17,20)/t8-/m0/s1. The van der Waals surface area contributed by atoms with Gasteiger partial charge in [0.25, 0.3) is 5.91 Å². The number of carbonyl (C=O) groups is 1. The van der Waals surface area contributed by atoms with E-state index in [9.17, 15) is 4.79 Å². The lowest BCUT2D eigenvalue weighted by Crippen LogP contribution is -2.27. The molecule has 2 heterocycles. The van der Waals surface area contributed by atoms with E-state index in [4.69, 9.17) is 11.6 Å². The van der Waals surface area contributed by atoms with Crippen molar-refractivity contribution in [1.82, 2.24) is 20.1 Å². The normalized spacial score (nSPS) is 12.2. The maximum Gasteiger partial charge on any atom is 0.253 e. The van der Waals surface area contributed by atoms with Gasteiger partial charge in [-0.15, -0.1) is 0 Å². The first-order valence-corrected chi connectivity index (χ1v) is 6.70. The van der Waals surface area contributed by atoms with Crippen LogP contribution in [0.25, 0.3) is 0 Å². The molecule has 0 aliphatic rings. The van der Waals surface area contributed by atoms with Gasteiger partial charge in [-0.25, -0.2) is 0 Å². The molecular weight excluding hydrogens is 276 g/mol. The average Bonchev–Trinajstić information content (AvgIpc) is 2.63. The van der Waals surface area contributed by atoms with Gasteiger partial charge >= 0.3 is 0 Å². The Hall–Kier alpha value is -1.88. The van der Waals surface area contributed by atoms with Crippen LogP contribution in [-0.4, -0.2) is 20.7 Å². The highest BCUT2D eigenvalue weighted by molar-refractivity contribution is 6.33. The number of pyridine rings is 1. The van der Waals surface area contributed by atoms with E-state index < -0.39 is 0 Å². The van der Waals surface area contributed by atoms with Gasteiger partial charge in [-0.1, -0.05) is 11.6 Å². The van der Waals surface area contributed by atoms with Gasteiger partial charge in [-0.2, -0.15) is 5.10 Å². The number of carbonyl (C=O) groups excluding carboxylic acids is 1. The third-order valence-corrected chi connectivity index (χ3v) is 3.66. The Morgan fingerprint density at radius 3 is 2.70 bits per heavy atom. The van der Waals surface area contributed by atoms with Crippen molar-refractivity contribution in [2.75, 3.05) is 0 Å². The summed E-state index contributed by atoms with van der Waals surface area (Å²) in [4.78, 5) is 16.1. The van der Waals surface area contributed by atoms with Crippen LogP contribution in [0.4, 0.5) is 0 Å². The number of aryl methyl sites for hydroxylation is 2. The lowest BCUT2D eigenvalue weighted by atomic mass is 10.1. The van der Waals surface area contributed by atoms with E-state index in [1.54, 1.807) is 12.3 Å². The topological polar surface area (TPSA) is 59.8 Å². The van der Waals surface area contributed by atoms with Crippen molar-refractivity contribution < 1.29 is 4.79 Å². The number of halogens is 1. The summed E-state index contributed by atoms with van der Waals surface area (Å²) in [5.41, 5.74) is 3.41. The quantitative estimate of drug-likeness (QED) is 0.946. The molecule has 1 N–H and O–H groups in total. The summed E-state index contributed by atoms with van der Waals surface area (Å²) in [7, 11) is 1.89. The summed E-state index contributed by atoms with van der Waals surface area (Å²) in [6.07, 6.45) is 3.01.